The fraction of sp³-hybridized carbons (Fsp3) is 0.407. The third-order valence-corrected chi connectivity index (χ3v) is 9.44. The van der Waals surface area contributed by atoms with Crippen LogP contribution < -0.4 is 14.8 Å². The fourth-order valence-electron chi connectivity index (χ4n) is 3.68. The maximum Gasteiger partial charge on any atom is 0.331 e. The van der Waals surface area contributed by atoms with Gasteiger partial charge in [0, 0.05) is 36.8 Å². The van der Waals surface area contributed by atoms with E-state index in [2.05, 4.69) is 10.3 Å². The molecule has 3 aromatic rings. The number of anilines is 1. The Hall–Kier alpha value is -2.80. The summed E-state index contributed by atoms with van der Waals surface area (Å²) in [4.78, 5) is 17.8. The van der Waals surface area contributed by atoms with E-state index < -0.39 is 23.3 Å². The molecule has 0 aliphatic rings. The number of ether oxygens (including phenoxy) is 3. The van der Waals surface area contributed by atoms with E-state index in [9.17, 15) is 17.8 Å². The molecule has 2 aromatic carbocycles. The van der Waals surface area contributed by atoms with Crippen molar-refractivity contribution >= 4 is 39.8 Å². The number of thiazole rings is 1. The maximum atomic E-state index is 13.2. The van der Waals surface area contributed by atoms with Crippen LogP contribution in [0.1, 0.15) is 36.8 Å². The quantitative estimate of drug-likeness (QED) is 0.194. The number of rotatable bonds is 16. The van der Waals surface area contributed by atoms with E-state index >= 15 is 0 Å². The van der Waals surface area contributed by atoms with E-state index in [0.29, 0.717) is 41.1 Å². The Morgan fingerprint density at radius 1 is 1.05 bits per heavy atom. The van der Waals surface area contributed by atoms with Gasteiger partial charge in [-0.2, -0.15) is 0 Å². The lowest BCUT2D eigenvalue weighted by Gasteiger charge is -2.16. The summed E-state index contributed by atoms with van der Waals surface area (Å²) < 4.78 is 63.9. The van der Waals surface area contributed by atoms with Crippen LogP contribution in [0.3, 0.4) is 0 Å². The van der Waals surface area contributed by atoms with Crippen LogP contribution in [0, 0.1) is 0 Å². The maximum absolute atomic E-state index is 13.2. The topological polar surface area (TPSA) is 139 Å². The number of hydrogen-bond donors (Lipinski definition) is 1. The first-order valence-corrected chi connectivity index (χ1v) is 17.4. The molecule has 0 radical (unpaired) electrons. The molecule has 0 saturated carbocycles. The summed E-state index contributed by atoms with van der Waals surface area (Å²) in [5.41, 5.74) is 0.904. The molecule has 1 aromatic heterocycles. The summed E-state index contributed by atoms with van der Waals surface area (Å²) in [5, 5.41) is 4.92. The van der Waals surface area contributed by atoms with Crippen molar-refractivity contribution in [2.75, 3.05) is 44.7 Å². The van der Waals surface area contributed by atoms with E-state index in [0.717, 1.165) is 6.26 Å². The molecule has 0 aliphatic heterocycles. The van der Waals surface area contributed by atoms with Crippen molar-refractivity contribution in [3.05, 3.63) is 59.1 Å². The third kappa shape index (κ3) is 10.2. The first kappa shape index (κ1) is 32.7. The molecule has 14 heteroatoms. The molecule has 1 amide bonds. The Bertz CT molecular complexity index is 1450. The second-order valence-corrected chi connectivity index (χ2v) is 14.0. The van der Waals surface area contributed by atoms with Crippen molar-refractivity contribution < 1.29 is 41.0 Å². The SMILES string of the molecule is CCOP(=O)(CCc1csc(NC(=O)c2cc(Oc3ccc(S(C)(=O)=O)cc3)cc(O[C@@H](C)COC)c2)n1)OCC. The van der Waals surface area contributed by atoms with Gasteiger partial charge in [-0.15, -0.1) is 11.3 Å². The third-order valence-electron chi connectivity index (χ3n) is 5.43. The molecule has 3 rings (SSSR count). The highest BCUT2D eigenvalue weighted by atomic mass is 32.2. The standard InChI is InChI=1S/C27H35N2O9PS2/c1-6-35-39(31,36-7-2)13-12-21-18-40-27(28-21)29-26(30)20-14-23(37-19(3)17-34-4)16-24(15-20)38-22-8-10-25(11-9-22)41(5,32)33/h8-11,14-16,18-19H,6-7,12-13,17H2,1-5H3,(H,28,29,30)/t19-/m0/s1. The van der Waals surface area contributed by atoms with Crippen molar-refractivity contribution in [2.45, 2.75) is 38.2 Å². The smallest absolute Gasteiger partial charge is 0.331 e. The van der Waals surface area contributed by atoms with Crippen LogP contribution in [0.5, 0.6) is 17.2 Å². The number of carbonyl (C=O) groups is 1. The van der Waals surface area contributed by atoms with Crippen molar-refractivity contribution in [3.63, 3.8) is 0 Å². The Balaban J connectivity index is 1.78. The minimum Gasteiger partial charge on any atom is -0.488 e. The van der Waals surface area contributed by atoms with Crippen LogP contribution in [-0.2, 0) is 34.6 Å². The van der Waals surface area contributed by atoms with Gasteiger partial charge >= 0.3 is 7.60 Å². The highest BCUT2D eigenvalue weighted by molar-refractivity contribution is 7.90. The molecular weight excluding hydrogens is 591 g/mol. The van der Waals surface area contributed by atoms with Gasteiger partial charge in [0.1, 0.15) is 23.4 Å². The Morgan fingerprint density at radius 2 is 1.71 bits per heavy atom. The molecule has 1 atom stereocenters. The first-order chi connectivity index (χ1) is 19.4. The predicted molar refractivity (Wildman–Crippen MR) is 158 cm³/mol. The van der Waals surface area contributed by atoms with Crippen LogP contribution in [0.2, 0.25) is 0 Å². The summed E-state index contributed by atoms with van der Waals surface area (Å²) in [7, 11) is -5.00. The van der Waals surface area contributed by atoms with E-state index in [1.165, 1.54) is 35.6 Å². The number of benzene rings is 2. The van der Waals surface area contributed by atoms with Gasteiger partial charge in [-0.1, -0.05) is 0 Å². The normalized spacial score (nSPS) is 12.6. The Labute approximate surface area is 244 Å². The average molecular weight is 627 g/mol. The molecule has 0 spiro atoms. The number of aryl methyl sites for hydroxylation is 1. The van der Waals surface area contributed by atoms with Gasteiger partial charge in [-0.05, 0) is 57.2 Å². The van der Waals surface area contributed by atoms with Crippen LogP contribution in [0.15, 0.2) is 52.7 Å². The minimum absolute atomic E-state index is 0.164. The monoisotopic (exact) mass is 626 g/mol. The molecule has 41 heavy (non-hydrogen) atoms. The second-order valence-electron chi connectivity index (χ2n) is 8.94. The van der Waals surface area contributed by atoms with Gasteiger partial charge in [-0.25, -0.2) is 13.4 Å². The fourth-order valence-corrected chi connectivity index (χ4v) is 6.67. The zero-order valence-corrected chi connectivity index (χ0v) is 26.1. The van der Waals surface area contributed by atoms with Crippen LogP contribution in [0.25, 0.3) is 0 Å². The number of sulfone groups is 1. The van der Waals surface area contributed by atoms with Crippen LogP contribution in [-0.4, -0.2) is 64.8 Å². The molecule has 0 saturated heterocycles. The first-order valence-electron chi connectivity index (χ1n) is 12.9. The molecule has 11 nitrogen and oxygen atoms in total. The highest BCUT2D eigenvalue weighted by Crippen LogP contribution is 2.48. The molecule has 1 N–H and O–H groups in total. The van der Waals surface area contributed by atoms with Gasteiger partial charge in [0.15, 0.2) is 15.0 Å². The lowest BCUT2D eigenvalue weighted by atomic mass is 10.2. The van der Waals surface area contributed by atoms with Crippen molar-refractivity contribution in [2.24, 2.45) is 0 Å². The molecule has 0 fully saturated rings. The number of nitrogens with one attached hydrogen (secondary N) is 1. The zero-order chi connectivity index (χ0) is 30.0. The summed E-state index contributed by atoms with van der Waals surface area (Å²) >= 11 is 1.24. The number of hydrogen-bond acceptors (Lipinski definition) is 11. The lowest BCUT2D eigenvalue weighted by Crippen LogP contribution is -2.18. The molecule has 0 unspecified atom stereocenters. The number of nitrogens with zero attached hydrogens (tertiary/aromatic N) is 1. The molecular formula is C27H35N2O9PS2. The number of carbonyl (C=O) groups excluding carboxylic acids is 1. The van der Waals surface area contributed by atoms with Crippen molar-refractivity contribution in [3.8, 4) is 17.2 Å². The van der Waals surface area contributed by atoms with Gasteiger partial charge < -0.3 is 23.3 Å². The van der Waals surface area contributed by atoms with Crippen LogP contribution in [0.4, 0.5) is 5.13 Å². The largest absolute Gasteiger partial charge is 0.488 e. The zero-order valence-electron chi connectivity index (χ0n) is 23.6. The van der Waals surface area contributed by atoms with Crippen LogP contribution >= 0.6 is 18.9 Å². The molecule has 0 aliphatic carbocycles. The van der Waals surface area contributed by atoms with Gasteiger partial charge in [0.25, 0.3) is 5.91 Å². The number of aromatic nitrogens is 1. The number of amides is 1. The van der Waals surface area contributed by atoms with Crippen molar-refractivity contribution in [1.82, 2.24) is 4.98 Å². The average Bonchev–Trinajstić information content (AvgIpc) is 3.35. The van der Waals surface area contributed by atoms with Gasteiger partial charge in [0.05, 0.1) is 36.6 Å². The minimum atomic E-state index is -3.35. The molecule has 1 heterocycles. The van der Waals surface area contributed by atoms with Crippen molar-refractivity contribution in [1.29, 1.82) is 0 Å². The Morgan fingerprint density at radius 3 is 2.32 bits per heavy atom. The Kier molecular flexibility index (Phi) is 11.9. The van der Waals surface area contributed by atoms with Gasteiger partial charge in [0.2, 0.25) is 0 Å². The summed E-state index contributed by atoms with van der Waals surface area (Å²) in [6, 6.07) is 10.7. The molecule has 224 valence electrons. The second kappa shape index (κ2) is 14.9. The summed E-state index contributed by atoms with van der Waals surface area (Å²) in [6.45, 7) is 6.23. The summed E-state index contributed by atoms with van der Waals surface area (Å²) in [6.07, 6.45) is 1.37. The van der Waals surface area contributed by atoms with E-state index in [1.54, 1.807) is 44.5 Å². The predicted octanol–water partition coefficient (Wildman–Crippen LogP) is 5.81. The van der Waals surface area contributed by atoms with E-state index in [1.807, 2.05) is 6.92 Å². The number of methoxy groups -OCH3 is 1. The lowest BCUT2D eigenvalue weighted by molar-refractivity contribution is 0.0916. The van der Waals surface area contributed by atoms with E-state index in [-0.39, 0.29) is 35.9 Å². The highest BCUT2D eigenvalue weighted by Gasteiger charge is 2.24. The summed E-state index contributed by atoms with van der Waals surface area (Å²) in [5.74, 6) is 0.633. The molecule has 0 bridgehead atoms. The van der Waals surface area contributed by atoms with E-state index in [4.69, 9.17) is 23.3 Å². The van der Waals surface area contributed by atoms with Gasteiger partial charge in [-0.3, -0.25) is 14.7 Å².